The summed E-state index contributed by atoms with van der Waals surface area (Å²) in [4.78, 5) is 37.9. The van der Waals surface area contributed by atoms with Crippen molar-refractivity contribution in [2.75, 3.05) is 17.3 Å². The van der Waals surface area contributed by atoms with E-state index in [1.807, 2.05) is 6.92 Å². The number of amides is 1. The Morgan fingerprint density at radius 3 is 2.65 bits per heavy atom. The normalized spacial score (nSPS) is 19.4. The third-order valence-corrected chi connectivity index (χ3v) is 5.17. The Hall–Kier alpha value is -2.90. The first kappa shape index (κ1) is 16.6. The van der Waals surface area contributed by atoms with Crippen LogP contribution in [0.4, 0.5) is 15.8 Å². The van der Waals surface area contributed by atoms with Crippen LogP contribution >= 0.6 is 0 Å². The number of rotatable bonds is 3. The fourth-order valence-electron chi connectivity index (χ4n) is 3.70. The standard InChI is InChI=1S/C18H18FN3O4/c1-3-12-17(24)20-11-6-9-14(13(19)15(11)21(12)2)22(8-4-5-8)7-10(16(9)23)18(25)26/h6-8,12H,3-5H2,1-2H3,(H,20,24)(H,25,26). The molecule has 1 saturated carbocycles. The van der Waals surface area contributed by atoms with Crippen LogP contribution in [-0.4, -0.2) is 34.6 Å². The van der Waals surface area contributed by atoms with E-state index in [0.29, 0.717) is 6.42 Å². The summed E-state index contributed by atoms with van der Waals surface area (Å²) in [5.41, 5.74) is -0.639. The van der Waals surface area contributed by atoms with Crippen LogP contribution in [0.25, 0.3) is 10.9 Å². The number of carbonyl (C=O) groups excluding carboxylic acids is 1. The Morgan fingerprint density at radius 1 is 1.38 bits per heavy atom. The molecule has 1 unspecified atom stereocenters. The van der Waals surface area contributed by atoms with Crippen molar-refractivity contribution >= 4 is 34.2 Å². The van der Waals surface area contributed by atoms with Gasteiger partial charge in [0.15, 0.2) is 5.82 Å². The van der Waals surface area contributed by atoms with Gasteiger partial charge in [0.25, 0.3) is 0 Å². The molecule has 2 heterocycles. The molecule has 1 aliphatic carbocycles. The third-order valence-electron chi connectivity index (χ3n) is 5.17. The lowest BCUT2D eigenvalue weighted by Gasteiger charge is -2.35. The summed E-state index contributed by atoms with van der Waals surface area (Å²) < 4.78 is 17.1. The molecule has 1 fully saturated rings. The van der Waals surface area contributed by atoms with Gasteiger partial charge in [-0.15, -0.1) is 0 Å². The number of hydrogen-bond donors (Lipinski definition) is 2. The SMILES string of the molecule is CCC1C(=O)Nc2cc3c(=O)c(C(=O)O)cn(C4CC4)c3c(F)c2N1C. The molecular formula is C18H18FN3O4. The highest BCUT2D eigenvalue weighted by Gasteiger charge is 2.35. The summed E-state index contributed by atoms with van der Waals surface area (Å²) >= 11 is 0. The maximum atomic E-state index is 15.5. The average molecular weight is 359 g/mol. The van der Waals surface area contributed by atoms with E-state index in [1.165, 1.54) is 12.3 Å². The van der Waals surface area contributed by atoms with Crippen LogP contribution in [-0.2, 0) is 4.79 Å². The summed E-state index contributed by atoms with van der Waals surface area (Å²) in [7, 11) is 1.64. The molecule has 2 aromatic rings. The highest BCUT2D eigenvalue weighted by atomic mass is 19.1. The number of nitrogens with zero attached hydrogens (tertiary/aromatic N) is 2. The van der Waals surface area contributed by atoms with E-state index >= 15 is 4.39 Å². The predicted octanol–water partition coefficient (Wildman–Crippen LogP) is 2.34. The predicted molar refractivity (Wildman–Crippen MR) is 94.5 cm³/mol. The number of aromatic carboxylic acids is 1. The van der Waals surface area contributed by atoms with Gasteiger partial charge in [-0.25, -0.2) is 9.18 Å². The monoisotopic (exact) mass is 359 g/mol. The van der Waals surface area contributed by atoms with Gasteiger partial charge >= 0.3 is 5.97 Å². The quantitative estimate of drug-likeness (QED) is 0.878. The lowest BCUT2D eigenvalue weighted by Crippen LogP contribution is -2.46. The van der Waals surface area contributed by atoms with Crippen molar-refractivity contribution < 1.29 is 19.1 Å². The number of carboxylic acids is 1. The molecule has 2 N–H and O–H groups in total. The number of halogens is 1. The first-order valence-corrected chi connectivity index (χ1v) is 8.53. The van der Waals surface area contributed by atoms with Gasteiger partial charge in [0.1, 0.15) is 11.6 Å². The van der Waals surface area contributed by atoms with E-state index in [2.05, 4.69) is 5.32 Å². The molecule has 1 amide bonds. The van der Waals surface area contributed by atoms with Gasteiger partial charge in [-0.2, -0.15) is 0 Å². The molecule has 0 saturated heterocycles. The van der Waals surface area contributed by atoms with Crippen molar-refractivity contribution in [1.82, 2.24) is 4.57 Å². The lowest BCUT2D eigenvalue weighted by molar-refractivity contribution is -0.117. The number of nitrogens with one attached hydrogen (secondary N) is 1. The van der Waals surface area contributed by atoms with Crippen molar-refractivity contribution in [3.8, 4) is 0 Å². The minimum Gasteiger partial charge on any atom is -0.477 e. The summed E-state index contributed by atoms with van der Waals surface area (Å²) in [6.45, 7) is 1.84. The minimum absolute atomic E-state index is 0.0193. The Kier molecular flexibility index (Phi) is 3.54. The summed E-state index contributed by atoms with van der Waals surface area (Å²) in [6.07, 6.45) is 3.35. The zero-order valence-electron chi connectivity index (χ0n) is 14.4. The molecule has 1 aromatic carbocycles. The molecule has 8 heteroatoms. The van der Waals surface area contributed by atoms with Crippen LogP contribution in [0.1, 0.15) is 42.6 Å². The number of anilines is 2. The largest absolute Gasteiger partial charge is 0.477 e. The smallest absolute Gasteiger partial charge is 0.341 e. The first-order valence-electron chi connectivity index (χ1n) is 8.53. The number of benzene rings is 1. The first-order chi connectivity index (χ1) is 12.3. The molecule has 4 rings (SSSR count). The van der Waals surface area contributed by atoms with Crippen LogP contribution in [0, 0.1) is 5.82 Å². The van der Waals surface area contributed by atoms with Gasteiger partial charge in [0.2, 0.25) is 11.3 Å². The second-order valence-electron chi connectivity index (χ2n) is 6.82. The van der Waals surface area contributed by atoms with Gasteiger partial charge in [0.05, 0.1) is 22.3 Å². The molecule has 0 bridgehead atoms. The van der Waals surface area contributed by atoms with E-state index in [1.54, 1.807) is 16.5 Å². The lowest BCUT2D eigenvalue weighted by atomic mass is 10.0. The Labute approximate surface area is 148 Å². The summed E-state index contributed by atoms with van der Waals surface area (Å²) in [6, 6.07) is 0.866. The minimum atomic E-state index is -1.35. The summed E-state index contributed by atoms with van der Waals surface area (Å²) in [5, 5.41) is 11.9. The number of carboxylic acid groups (broad SMARTS) is 1. The molecule has 0 radical (unpaired) electrons. The highest BCUT2D eigenvalue weighted by Crippen LogP contribution is 2.42. The van der Waals surface area contributed by atoms with Crippen LogP contribution in [0.5, 0.6) is 0 Å². The molecule has 2 aliphatic rings. The Bertz CT molecular complexity index is 1030. The third kappa shape index (κ3) is 2.21. The fraction of sp³-hybridized carbons (Fsp3) is 0.389. The molecule has 7 nitrogen and oxygen atoms in total. The van der Waals surface area contributed by atoms with Gasteiger partial charge in [-0.05, 0) is 25.3 Å². The van der Waals surface area contributed by atoms with Crippen molar-refractivity contribution in [2.45, 2.75) is 38.3 Å². The molecule has 1 aliphatic heterocycles. The Morgan fingerprint density at radius 2 is 2.08 bits per heavy atom. The van der Waals surface area contributed by atoms with Crippen molar-refractivity contribution in [3.05, 3.63) is 33.9 Å². The number of aromatic nitrogens is 1. The molecule has 1 aromatic heterocycles. The maximum absolute atomic E-state index is 15.5. The number of carbonyl (C=O) groups is 2. The van der Waals surface area contributed by atoms with Crippen molar-refractivity contribution in [2.24, 2.45) is 0 Å². The number of hydrogen-bond acceptors (Lipinski definition) is 4. The van der Waals surface area contributed by atoms with Gasteiger partial charge in [-0.3, -0.25) is 9.59 Å². The molecular weight excluding hydrogens is 341 g/mol. The van der Waals surface area contributed by atoms with E-state index in [0.717, 1.165) is 12.8 Å². The van der Waals surface area contributed by atoms with Crippen LogP contribution in [0.3, 0.4) is 0 Å². The summed E-state index contributed by atoms with van der Waals surface area (Å²) in [5.74, 6) is -2.24. The van der Waals surface area contributed by atoms with Crippen LogP contribution in [0.15, 0.2) is 17.1 Å². The molecule has 1 atom stereocenters. The van der Waals surface area contributed by atoms with Gasteiger partial charge in [0, 0.05) is 19.3 Å². The van der Waals surface area contributed by atoms with E-state index in [4.69, 9.17) is 0 Å². The topological polar surface area (TPSA) is 91.6 Å². The fourth-order valence-corrected chi connectivity index (χ4v) is 3.70. The average Bonchev–Trinajstić information content (AvgIpc) is 3.40. The number of likely N-dealkylation sites (N-methyl/N-ethyl adjacent to an activating group) is 1. The van der Waals surface area contributed by atoms with E-state index < -0.39 is 28.8 Å². The highest BCUT2D eigenvalue weighted by molar-refractivity contribution is 6.07. The Balaban J connectivity index is 2.09. The molecule has 26 heavy (non-hydrogen) atoms. The second-order valence-corrected chi connectivity index (χ2v) is 6.82. The van der Waals surface area contributed by atoms with Crippen molar-refractivity contribution in [1.29, 1.82) is 0 Å². The van der Waals surface area contributed by atoms with Gasteiger partial charge in [-0.1, -0.05) is 6.92 Å². The zero-order valence-corrected chi connectivity index (χ0v) is 14.4. The van der Waals surface area contributed by atoms with Gasteiger partial charge < -0.3 is 19.9 Å². The van der Waals surface area contributed by atoms with Crippen LogP contribution < -0.4 is 15.6 Å². The number of pyridine rings is 1. The van der Waals surface area contributed by atoms with Crippen molar-refractivity contribution in [3.63, 3.8) is 0 Å². The van der Waals surface area contributed by atoms with Crippen LogP contribution in [0.2, 0.25) is 0 Å². The van der Waals surface area contributed by atoms with E-state index in [9.17, 15) is 19.5 Å². The zero-order chi connectivity index (χ0) is 18.7. The number of fused-ring (bicyclic) bond motifs is 2. The second kappa shape index (κ2) is 5.55. The maximum Gasteiger partial charge on any atom is 0.341 e. The molecule has 136 valence electrons. The van der Waals surface area contributed by atoms with E-state index in [-0.39, 0.29) is 34.2 Å². The molecule has 0 spiro atoms.